The molecule has 2 heterocycles. The SMILES string of the molecule is C=Cc1c(/C=C\C)n(-c2cc(/C(C)=C/C=C\CC)cc(-c3ccccc3)c2)c2ccc(C(=C)/C=c3\c(=C/C)n(-c4cccc(-c5ccccc5)c4)c4ccccc34)cc12. The minimum Gasteiger partial charge on any atom is -0.310 e. The van der Waals surface area contributed by atoms with E-state index in [1.54, 1.807) is 0 Å². The lowest BCUT2D eigenvalue weighted by Crippen LogP contribution is -2.28. The number of nitrogens with zero attached hydrogens (tertiary/aromatic N) is 2. The molecule has 6 aromatic carbocycles. The maximum absolute atomic E-state index is 4.69. The number of rotatable bonds is 11. The summed E-state index contributed by atoms with van der Waals surface area (Å²) in [7, 11) is 0. The minimum atomic E-state index is 0.945. The molecule has 8 rings (SSSR count). The second-order valence-electron chi connectivity index (χ2n) is 14.9. The molecular formula is C57H50N2. The molecule has 0 atom stereocenters. The zero-order chi connectivity index (χ0) is 40.9. The van der Waals surface area contributed by atoms with Crippen LogP contribution >= 0.6 is 0 Å². The summed E-state index contributed by atoms with van der Waals surface area (Å²) in [6.45, 7) is 17.6. The topological polar surface area (TPSA) is 9.86 Å². The Kier molecular flexibility index (Phi) is 11.2. The van der Waals surface area contributed by atoms with E-state index in [0.29, 0.717) is 0 Å². The lowest BCUT2D eigenvalue weighted by molar-refractivity contribution is 1.07. The number of hydrogen-bond acceptors (Lipinski definition) is 0. The van der Waals surface area contributed by atoms with Crippen molar-refractivity contribution in [3.63, 3.8) is 0 Å². The van der Waals surface area contributed by atoms with Gasteiger partial charge in [0.2, 0.25) is 0 Å². The molecule has 0 unspecified atom stereocenters. The zero-order valence-electron chi connectivity index (χ0n) is 34.5. The first-order valence-electron chi connectivity index (χ1n) is 20.5. The quantitative estimate of drug-likeness (QED) is 0.116. The van der Waals surface area contributed by atoms with Crippen LogP contribution in [0.3, 0.4) is 0 Å². The van der Waals surface area contributed by atoms with Crippen LogP contribution in [-0.2, 0) is 0 Å². The van der Waals surface area contributed by atoms with Gasteiger partial charge in [-0.1, -0.05) is 154 Å². The summed E-state index contributed by atoms with van der Waals surface area (Å²) in [5, 5.41) is 4.60. The van der Waals surface area contributed by atoms with Crippen LogP contribution in [0.1, 0.15) is 56.5 Å². The van der Waals surface area contributed by atoms with Crippen LogP contribution in [0.2, 0.25) is 0 Å². The molecule has 0 N–H and O–H groups in total. The van der Waals surface area contributed by atoms with Gasteiger partial charge < -0.3 is 9.13 Å². The fourth-order valence-corrected chi connectivity index (χ4v) is 8.27. The van der Waals surface area contributed by atoms with Gasteiger partial charge in [-0.25, -0.2) is 0 Å². The third kappa shape index (κ3) is 7.54. The van der Waals surface area contributed by atoms with Crippen molar-refractivity contribution in [2.24, 2.45) is 0 Å². The number of benzene rings is 6. The summed E-state index contributed by atoms with van der Waals surface area (Å²) in [5.41, 5.74) is 15.8. The molecule has 2 nitrogen and oxygen atoms in total. The average Bonchev–Trinajstić information content (AvgIpc) is 3.77. The van der Waals surface area contributed by atoms with Gasteiger partial charge in [0.05, 0.1) is 16.7 Å². The smallest absolute Gasteiger partial charge is 0.0541 e. The molecule has 0 aliphatic heterocycles. The molecule has 2 heteroatoms. The molecule has 59 heavy (non-hydrogen) atoms. The number of aromatic nitrogens is 2. The molecule has 2 aromatic heterocycles. The first kappa shape index (κ1) is 38.7. The van der Waals surface area contributed by atoms with E-state index in [1.165, 1.54) is 38.8 Å². The van der Waals surface area contributed by atoms with Crippen LogP contribution in [0, 0.1) is 0 Å². The lowest BCUT2D eigenvalue weighted by atomic mass is 9.98. The van der Waals surface area contributed by atoms with Crippen LogP contribution in [0.5, 0.6) is 0 Å². The fraction of sp³-hybridized carbons (Fsp3) is 0.0877. The fourth-order valence-electron chi connectivity index (χ4n) is 8.27. The summed E-state index contributed by atoms with van der Waals surface area (Å²) in [6.07, 6.45) is 18.3. The predicted octanol–water partition coefficient (Wildman–Crippen LogP) is 14.2. The van der Waals surface area contributed by atoms with Crippen LogP contribution in [0.4, 0.5) is 0 Å². The van der Waals surface area contributed by atoms with E-state index in [0.717, 1.165) is 67.2 Å². The monoisotopic (exact) mass is 762 g/mol. The summed E-state index contributed by atoms with van der Waals surface area (Å²) < 4.78 is 4.76. The van der Waals surface area contributed by atoms with Crippen molar-refractivity contribution in [3.05, 3.63) is 216 Å². The van der Waals surface area contributed by atoms with Crippen LogP contribution in [-0.4, -0.2) is 9.13 Å². The Morgan fingerprint density at radius 3 is 2.02 bits per heavy atom. The maximum Gasteiger partial charge on any atom is 0.0541 e. The lowest BCUT2D eigenvalue weighted by Gasteiger charge is -2.15. The van der Waals surface area contributed by atoms with Gasteiger partial charge in [-0.15, -0.1) is 0 Å². The summed E-state index contributed by atoms with van der Waals surface area (Å²) in [6, 6.07) is 52.4. The van der Waals surface area contributed by atoms with E-state index in [-0.39, 0.29) is 0 Å². The van der Waals surface area contributed by atoms with E-state index in [2.05, 4.69) is 232 Å². The van der Waals surface area contributed by atoms with Crippen LogP contribution in [0.15, 0.2) is 183 Å². The van der Waals surface area contributed by atoms with Gasteiger partial charge in [0.15, 0.2) is 0 Å². The number of para-hydroxylation sites is 1. The maximum atomic E-state index is 4.69. The standard InChI is InChI=1S/C57H50N2/c1-7-11-14-23-40(5)46-35-47(43-26-17-13-18-27-43)38-49(37-46)59-55(22-8-2)50(9-3)53-39-44(32-33-57(53)59)41(6)34-52-51-30-19-20-31-56(51)58(54(52)10-4)48-29-21-28-45(36-48)42-24-15-12-16-25-42/h8-39H,3,6-7H2,1-2,4-5H3/b14-11-,22-8-,40-23+,52-34-,54-10+. The number of hydrogen-bond donors (Lipinski definition) is 0. The van der Waals surface area contributed by atoms with Gasteiger partial charge in [-0.2, -0.15) is 0 Å². The van der Waals surface area contributed by atoms with E-state index in [4.69, 9.17) is 6.58 Å². The third-order valence-corrected chi connectivity index (χ3v) is 11.2. The molecular weight excluding hydrogens is 713 g/mol. The Balaban J connectivity index is 1.29. The highest BCUT2D eigenvalue weighted by atomic mass is 15.0. The number of fused-ring (bicyclic) bond motifs is 2. The molecule has 288 valence electrons. The predicted molar refractivity (Wildman–Crippen MR) is 258 cm³/mol. The first-order valence-corrected chi connectivity index (χ1v) is 20.5. The Morgan fingerprint density at radius 2 is 1.31 bits per heavy atom. The molecule has 0 amide bonds. The van der Waals surface area contributed by atoms with E-state index in [1.807, 2.05) is 6.08 Å². The largest absolute Gasteiger partial charge is 0.310 e. The van der Waals surface area contributed by atoms with Gasteiger partial charge in [0, 0.05) is 38.3 Å². The first-order chi connectivity index (χ1) is 28.9. The Morgan fingerprint density at radius 1 is 0.627 bits per heavy atom. The molecule has 8 aromatic rings. The second kappa shape index (κ2) is 17.1. The van der Waals surface area contributed by atoms with E-state index in [9.17, 15) is 0 Å². The summed E-state index contributed by atoms with van der Waals surface area (Å²) in [5.74, 6) is 0. The molecule has 0 saturated heterocycles. The minimum absolute atomic E-state index is 0.945. The Hall–Kier alpha value is -7.16. The molecule has 0 bridgehead atoms. The zero-order valence-corrected chi connectivity index (χ0v) is 34.5. The second-order valence-corrected chi connectivity index (χ2v) is 14.9. The van der Waals surface area contributed by atoms with Crippen molar-refractivity contribution >= 4 is 57.3 Å². The highest BCUT2D eigenvalue weighted by Crippen LogP contribution is 2.36. The molecule has 0 radical (unpaired) electrons. The van der Waals surface area contributed by atoms with Crippen molar-refractivity contribution in [2.75, 3.05) is 0 Å². The van der Waals surface area contributed by atoms with E-state index < -0.39 is 0 Å². The molecule has 0 aliphatic rings. The summed E-state index contributed by atoms with van der Waals surface area (Å²) >= 11 is 0. The molecule has 0 aliphatic carbocycles. The molecule has 0 fully saturated rings. The Labute approximate surface area is 348 Å². The van der Waals surface area contributed by atoms with Gasteiger partial charge in [0.25, 0.3) is 0 Å². The van der Waals surface area contributed by atoms with Crippen molar-refractivity contribution < 1.29 is 0 Å². The number of allylic oxidation sites excluding steroid dienone is 6. The van der Waals surface area contributed by atoms with Crippen molar-refractivity contribution in [1.29, 1.82) is 0 Å². The highest BCUT2D eigenvalue weighted by molar-refractivity contribution is 6.00. The van der Waals surface area contributed by atoms with Gasteiger partial charge in [0.1, 0.15) is 0 Å². The van der Waals surface area contributed by atoms with Crippen molar-refractivity contribution in [3.8, 4) is 33.6 Å². The highest BCUT2D eigenvalue weighted by Gasteiger charge is 2.18. The molecule has 0 saturated carbocycles. The van der Waals surface area contributed by atoms with Gasteiger partial charge in [-0.3, -0.25) is 0 Å². The summed E-state index contributed by atoms with van der Waals surface area (Å²) in [4.78, 5) is 0. The van der Waals surface area contributed by atoms with Gasteiger partial charge in [-0.05, 0) is 132 Å². The van der Waals surface area contributed by atoms with E-state index >= 15 is 0 Å². The normalized spacial score (nSPS) is 12.8. The Bertz CT molecular complexity index is 3070. The van der Waals surface area contributed by atoms with Crippen molar-refractivity contribution in [2.45, 2.75) is 34.1 Å². The van der Waals surface area contributed by atoms with Crippen LogP contribution in [0.25, 0.3) is 90.9 Å². The van der Waals surface area contributed by atoms with Crippen LogP contribution < -0.4 is 10.6 Å². The molecule has 0 spiro atoms. The van der Waals surface area contributed by atoms with Gasteiger partial charge >= 0.3 is 0 Å². The van der Waals surface area contributed by atoms with Crippen molar-refractivity contribution in [1.82, 2.24) is 9.13 Å². The average molecular weight is 763 g/mol. The third-order valence-electron chi connectivity index (χ3n) is 11.2.